The number of hydrogen-bond acceptors (Lipinski definition) is 4. The highest BCUT2D eigenvalue weighted by molar-refractivity contribution is 7.09. The van der Waals surface area contributed by atoms with E-state index in [-0.39, 0.29) is 17.7 Å². The summed E-state index contributed by atoms with van der Waals surface area (Å²) in [6.07, 6.45) is 7.80. The number of likely N-dealkylation sites (tertiary alicyclic amines) is 1. The molecule has 2 heterocycles. The quantitative estimate of drug-likeness (QED) is 0.810. The fourth-order valence-electron chi connectivity index (χ4n) is 3.53. The van der Waals surface area contributed by atoms with Gasteiger partial charge in [-0.3, -0.25) is 9.59 Å². The highest BCUT2D eigenvalue weighted by Crippen LogP contribution is 2.30. The molecule has 1 aromatic heterocycles. The molecule has 1 atom stereocenters. The van der Waals surface area contributed by atoms with Crippen LogP contribution < -0.4 is 5.32 Å². The Labute approximate surface area is 154 Å². The van der Waals surface area contributed by atoms with Gasteiger partial charge in [0.2, 0.25) is 11.8 Å². The van der Waals surface area contributed by atoms with Crippen LogP contribution in [0.2, 0.25) is 0 Å². The van der Waals surface area contributed by atoms with Gasteiger partial charge in [0.1, 0.15) is 0 Å². The van der Waals surface area contributed by atoms with Crippen LogP contribution in [0.4, 0.5) is 0 Å². The van der Waals surface area contributed by atoms with Gasteiger partial charge in [-0.2, -0.15) is 0 Å². The van der Waals surface area contributed by atoms with Gasteiger partial charge < -0.3 is 10.2 Å². The second-order valence-electron chi connectivity index (χ2n) is 7.27. The van der Waals surface area contributed by atoms with Crippen LogP contribution in [0.25, 0.3) is 0 Å². The van der Waals surface area contributed by atoms with Crippen LogP contribution in [-0.4, -0.2) is 41.3 Å². The van der Waals surface area contributed by atoms with Crippen molar-refractivity contribution >= 4 is 23.2 Å². The van der Waals surface area contributed by atoms with E-state index in [0.717, 1.165) is 62.3 Å². The smallest absolute Gasteiger partial charge is 0.223 e. The predicted octanol–water partition coefficient (Wildman–Crippen LogP) is 3.11. The number of carbonyl (C=O) groups excluding carboxylic acids is 2. The maximum absolute atomic E-state index is 12.1. The van der Waals surface area contributed by atoms with E-state index in [4.69, 9.17) is 4.98 Å². The molecule has 1 unspecified atom stereocenters. The molecule has 138 valence electrons. The molecular weight excluding hydrogens is 334 g/mol. The average Bonchev–Trinajstić information content (AvgIpc) is 3.02. The number of nitrogens with zero attached hydrogens (tertiary/aromatic N) is 2. The summed E-state index contributed by atoms with van der Waals surface area (Å²) in [5.41, 5.74) is 1.06. The molecule has 1 saturated carbocycles. The van der Waals surface area contributed by atoms with E-state index in [9.17, 15) is 9.59 Å². The fraction of sp³-hybridized carbons (Fsp3) is 0.737. The molecular formula is C19H29N3O2S. The molecule has 6 heteroatoms. The van der Waals surface area contributed by atoms with E-state index in [1.807, 2.05) is 4.90 Å². The van der Waals surface area contributed by atoms with Gasteiger partial charge in [-0.1, -0.05) is 13.3 Å². The van der Waals surface area contributed by atoms with Crippen molar-refractivity contribution in [1.82, 2.24) is 15.2 Å². The topological polar surface area (TPSA) is 62.3 Å². The van der Waals surface area contributed by atoms with Crippen molar-refractivity contribution in [1.29, 1.82) is 0 Å². The van der Waals surface area contributed by atoms with Gasteiger partial charge in [0.25, 0.3) is 0 Å². The molecule has 25 heavy (non-hydrogen) atoms. The number of thiazole rings is 1. The second-order valence-corrected chi connectivity index (χ2v) is 8.16. The minimum atomic E-state index is 0.207. The molecule has 0 radical (unpaired) electrons. The Hall–Kier alpha value is -1.43. The zero-order valence-electron chi connectivity index (χ0n) is 15.1. The minimum absolute atomic E-state index is 0.207. The summed E-state index contributed by atoms with van der Waals surface area (Å²) < 4.78 is 0. The first-order valence-electron chi connectivity index (χ1n) is 9.67. The highest BCUT2D eigenvalue weighted by Gasteiger charge is 2.27. The van der Waals surface area contributed by atoms with Gasteiger partial charge >= 0.3 is 0 Å². The normalized spacial score (nSPS) is 21.0. The largest absolute Gasteiger partial charge is 0.355 e. The second kappa shape index (κ2) is 8.79. The Bertz CT molecular complexity index is 597. The van der Waals surface area contributed by atoms with Gasteiger partial charge in [-0.15, -0.1) is 11.3 Å². The summed E-state index contributed by atoms with van der Waals surface area (Å²) in [4.78, 5) is 30.8. The monoisotopic (exact) mass is 363 g/mol. The number of rotatable bonds is 7. The summed E-state index contributed by atoms with van der Waals surface area (Å²) in [7, 11) is 0. The van der Waals surface area contributed by atoms with Gasteiger partial charge in [0.15, 0.2) is 0 Å². The minimum Gasteiger partial charge on any atom is -0.355 e. The number of piperidine rings is 1. The lowest BCUT2D eigenvalue weighted by molar-refractivity contribution is -0.132. The Morgan fingerprint density at radius 2 is 2.16 bits per heavy atom. The van der Waals surface area contributed by atoms with Gasteiger partial charge in [-0.05, 0) is 32.1 Å². The first-order chi connectivity index (χ1) is 12.2. The molecule has 1 saturated heterocycles. The lowest BCUT2D eigenvalue weighted by atomic mass is 9.85. The van der Waals surface area contributed by atoms with Gasteiger partial charge in [0, 0.05) is 49.7 Å². The molecule has 2 aliphatic rings. The zero-order valence-corrected chi connectivity index (χ0v) is 15.9. The molecule has 2 amide bonds. The Morgan fingerprint density at radius 1 is 1.32 bits per heavy atom. The van der Waals surface area contributed by atoms with Crippen molar-refractivity contribution in [3.05, 3.63) is 16.1 Å². The van der Waals surface area contributed by atoms with E-state index in [1.54, 1.807) is 11.3 Å². The molecule has 2 fully saturated rings. The lowest BCUT2D eigenvalue weighted by Gasteiger charge is -2.31. The molecule has 5 nitrogen and oxygen atoms in total. The Kier molecular flexibility index (Phi) is 6.45. The standard InChI is InChI=1S/C19H29N3O2S/c1-2-5-17(23)22-11-4-8-15(12-22)19-21-16(13-25-19)9-10-20-18(24)14-6-3-7-14/h13-15H,2-12H2,1H3,(H,20,24). The SMILES string of the molecule is CCCC(=O)N1CCCC(c2nc(CCNC(=O)C3CCC3)cs2)C1. The van der Waals surface area contributed by atoms with Crippen molar-refractivity contribution in [2.24, 2.45) is 5.92 Å². The van der Waals surface area contributed by atoms with E-state index in [1.165, 1.54) is 6.42 Å². The zero-order chi connectivity index (χ0) is 17.6. The molecule has 0 aromatic carbocycles. The first-order valence-corrected chi connectivity index (χ1v) is 10.5. The van der Waals surface area contributed by atoms with Crippen LogP contribution in [0.15, 0.2) is 5.38 Å². The number of carbonyl (C=O) groups is 2. The van der Waals surface area contributed by atoms with E-state index < -0.39 is 0 Å². The fourth-order valence-corrected chi connectivity index (χ4v) is 4.51. The van der Waals surface area contributed by atoms with E-state index in [0.29, 0.717) is 18.9 Å². The summed E-state index contributed by atoms with van der Waals surface area (Å²) in [6.45, 7) is 4.42. The number of amides is 2. The van der Waals surface area contributed by atoms with Crippen LogP contribution in [0.1, 0.15) is 68.5 Å². The molecule has 0 spiro atoms. The summed E-state index contributed by atoms with van der Waals surface area (Å²) in [6, 6.07) is 0. The average molecular weight is 364 g/mol. The van der Waals surface area contributed by atoms with Crippen molar-refractivity contribution in [3.63, 3.8) is 0 Å². The van der Waals surface area contributed by atoms with Crippen LogP contribution >= 0.6 is 11.3 Å². The predicted molar refractivity (Wildman–Crippen MR) is 99.6 cm³/mol. The molecule has 0 bridgehead atoms. The van der Waals surface area contributed by atoms with Crippen molar-refractivity contribution in [2.45, 2.75) is 64.2 Å². The van der Waals surface area contributed by atoms with Crippen molar-refractivity contribution in [3.8, 4) is 0 Å². The number of aromatic nitrogens is 1. The molecule has 1 aliphatic carbocycles. The van der Waals surface area contributed by atoms with Crippen molar-refractivity contribution < 1.29 is 9.59 Å². The maximum Gasteiger partial charge on any atom is 0.223 e. The number of hydrogen-bond donors (Lipinski definition) is 1. The van der Waals surface area contributed by atoms with Crippen molar-refractivity contribution in [2.75, 3.05) is 19.6 Å². The number of nitrogens with one attached hydrogen (secondary N) is 1. The third-order valence-electron chi connectivity index (χ3n) is 5.31. The summed E-state index contributed by atoms with van der Waals surface area (Å²) in [5, 5.41) is 6.29. The van der Waals surface area contributed by atoms with Crippen LogP contribution in [0.3, 0.4) is 0 Å². The van der Waals surface area contributed by atoms with Gasteiger partial charge in [-0.25, -0.2) is 4.98 Å². The molecule has 1 aliphatic heterocycles. The third kappa shape index (κ3) is 4.81. The lowest BCUT2D eigenvalue weighted by Crippen LogP contribution is -2.38. The van der Waals surface area contributed by atoms with E-state index >= 15 is 0 Å². The first kappa shape index (κ1) is 18.4. The Balaban J connectivity index is 1.47. The molecule has 1 aromatic rings. The summed E-state index contributed by atoms with van der Waals surface area (Å²) in [5.74, 6) is 1.11. The van der Waals surface area contributed by atoms with E-state index in [2.05, 4.69) is 17.6 Å². The third-order valence-corrected chi connectivity index (χ3v) is 6.37. The Morgan fingerprint density at radius 3 is 2.88 bits per heavy atom. The maximum atomic E-state index is 12.1. The van der Waals surface area contributed by atoms with Crippen LogP contribution in [0, 0.1) is 5.92 Å². The van der Waals surface area contributed by atoms with Crippen LogP contribution in [0.5, 0.6) is 0 Å². The molecule has 3 rings (SSSR count). The summed E-state index contributed by atoms with van der Waals surface area (Å²) >= 11 is 1.70. The van der Waals surface area contributed by atoms with Crippen LogP contribution in [-0.2, 0) is 16.0 Å². The molecule has 1 N–H and O–H groups in total. The highest BCUT2D eigenvalue weighted by atomic mass is 32.1. The van der Waals surface area contributed by atoms with Gasteiger partial charge in [0.05, 0.1) is 10.7 Å².